The van der Waals surface area contributed by atoms with Gasteiger partial charge >= 0.3 is 5.97 Å². The van der Waals surface area contributed by atoms with Crippen LogP contribution in [0, 0.1) is 11.3 Å². The van der Waals surface area contributed by atoms with Crippen LogP contribution in [0.4, 0.5) is 5.69 Å². The quantitative estimate of drug-likeness (QED) is 0.874. The van der Waals surface area contributed by atoms with Crippen molar-refractivity contribution in [3.05, 3.63) is 64.7 Å². The first-order valence-corrected chi connectivity index (χ1v) is 8.12. The fraction of sp³-hybridized carbons (Fsp3) is 0.250. The Hall–Kier alpha value is -3.13. The fourth-order valence-electron chi connectivity index (χ4n) is 2.94. The van der Waals surface area contributed by atoms with Crippen LogP contribution in [0.2, 0.25) is 0 Å². The predicted octanol–water partition coefficient (Wildman–Crippen LogP) is 3.23. The normalized spacial score (nSPS) is 18.7. The summed E-state index contributed by atoms with van der Waals surface area (Å²) in [6.07, 6.45) is 1.14. The molecule has 0 saturated heterocycles. The Labute approximate surface area is 146 Å². The predicted molar refractivity (Wildman–Crippen MR) is 93.1 cm³/mol. The van der Waals surface area contributed by atoms with Crippen molar-refractivity contribution < 1.29 is 14.3 Å². The van der Waals surface area contributed by atoms with E-state index in [9.17, 15) is 9.59 Å². The molecule has 1 aliphatic heterocycles. The lowest BCUT2D eigenvalue weighted by Gasteiger charge is -2.33. The molecule has 0 aromatic heterocycles. The molecule has 3 rings (SSSR count). The molecule has 1 unspecified atom stereocenters. The van der Waals surface area contributed by atoms with Gasteiger partial charge in [0.25, 0.3) is 5.91 Å². The number of amides is 1. The summed E-state index contributed by atoms with van der Waals surface area (Å²) in [5, 5.41) is 11.9. The number of esters is 1. The molecule has 0 saturated carbocycles. The van der Waals surface area contributed by atoms with E-state index in [2.05, 4.69) is 5.32 Å². The van der Waals surface area contributed by atoms with Crippen LogP contribution in [0.15, 0.2) is 42.5 Å². The van der Waals surface area contributed by atoms with Crippen LogP contribution in [0.5, 0.6) is 0 Å². The van der Waals surface area contributed by atoms with Gasteiger partial charge in [-0.25, -0.2) is 4.79 Å². The molecule has 5 nitrogen and oxygen atoms in total. The van der Waals surface area contributed by atoms with Crippen LogP contribution in [-0.2, 0) is 22.4 Å². The van der Waals surface area contributed by atoms with Crippen molar-refractivity contribution in [3.63, 3.8) is 0 Å². The van der Waals surface area contributed by atoms with Crippen molar-refractivity contribution in [2.45, 2.75) is 32.3 Å². The van der Waals surface area contributed by atoms with Gasteiger partial charge in [0.1, 0.15) is 6.07 Å². The average molecular weight is 334 g/mol. The molecule has 126 valence electrons. The third-order valence-electron chi connectivity index (χ3n) is 4.42. The maximum Gasteiger partial charge on any atom is 0.339 e. The minimum atomic E-state index is -1.32. The van der Waals surface area contributed by atoms with E-state index in [-0.39, 0.29) is 0 Å². The van der Waals surface area contributed by atoms with Gasteiger partial charge in [0.2, 0.25) is 0 Å². The second-order valence-corrected chi connectivity index (χ2v) is 6.25. The highest BCUT2D eigenvalue weighted by atomic mass is 16.6. The number of cyclic esters (lactones) is 1. The molecule has 1 heterocycles. The van der Waals surface area contributed by atoms with E-state index in [1.165, 1.54) is 0 Å². The van der Waals surface area contributed by atoms with Crippen molar-refractivity contribution in [1.29, 1.82) is 5.26 Å². The Kier molecular flexibility index (Phi) is 4.28. The number of para-hydroxylation sites is 1. The summed E-state index contributed by atoms with van der Waals surface area (Å²) in [5.74, 6) is -0.953. The molecule has 1 amide bonds. The van der Waals surface area contributed by atoms with Crippen LogP contribution in [0.3, 0.4) is 0 Å². The number of hydrogen-bond donors (Lipinski definition) is 1. The Balaban J connectivity index is 1.90. The van der Waals surface area contributed by atoms with Crippen LogP contribution >= 0.6 is 0 Å². The summed E-state index contributed by atoms with van der Waals surface area (Å²) >= 11 is 0. The maximum absolute atomic E-state index is 12.8. The van der Waals surface area contributed by atoms with Gasteiger partial charge in [-0.05, 0) is 42.7 Å². The van der Waals surface area contributed by atoms with E-state index < -0.39 is 17.5 Å². The molecule has 5 heteroatoms. The van der Waals surface area contributed by atoms with Crippen molar-refractivity contribution in [3.8, 4) is 6.07 Å². The van der Waals surface area contributed by atoms with Gasteiger partial charge in [-0.2, -0.15) is 5.26 Å². The maximum atomic E-state index is 12.8. The first-order chi connectivity index (χ1) is 12.0. The summed E-state index contributed by atoms with van der Waals surface area (Å²) in [6, 6.07) is 14.3. The Bertz CT molecular complexity index is 898. The van der Waals surface area contributed by atoms with Crippen LogP contribution in [0.1, 0.15) is 40.9 Å². The van der Waals surface area contributed by atoms with Gasteiger partial charge in [0.15, 0.2) is 5.60 Å². The van der Waals surface area contributed by atoms with Gasteiger partial charge < -0.3 is 10.1 Å². The van der Waals surface area contributed by atoms with Crippen LogP contribution in [0.25, 0.3) is 0 Å². The zero-order valence-electron chi connectivity index (χ0n) is 14.1. The number of hydrogen-bond acceptors (Lipinski definition) is 4. The number of nitriles is 1. The largest absolute Gasteiger partial charge is 0.445 e. The Morgan fingerprint density at radius 3 is 2.80 bits per heavy atom. The first-order valence-electron chi connectivity index (χ1n) is 8.12. The number of anilines is 1. The summed E-state index contributed by atoms with van der Waals surface area (Å²) in [7, 11) is 0. The van der Waals surface area contributed by atoms with E-state index in [1.807, 2.05) is 25.1 Å². The number of fused-ring (bicyclic) bond motifs is 1. The molecule has 1 atom stereocenters. The molecule has 2 aromatic rings. The first kappa shape index (κ1) is 16.7. The smallest absolute Gasteiger partial charge is 0.339 e. The zero-order chi connectivity index (χ0) is 18.0. The van der Waals surface area contributed by atoms with Gasteiger partial charge in [0, 0.05) is 6.42 Å². The number of aryl methyl sites for hydroxylation is 1. The molecule has 0 bridgehead atoms. The summed E-state index contributed by atoms with van der Waals surface area (Å²) in [6.45, 7) is 3.63. The number of carbonyl (C=O) groups is 2. The van der Waals surface area contributed by atoms with Gasteiger partial charge in [-0.15, -0.1) is 0 Å². The molecule has 1 N–H and O–H groups in total. The molecule has 0 radical (unpaired) electrons. The molecule has 0 aliphatic carbocycles. The Morgan fingerprint density at radius 1 is 1.32 bits per heavy atom. The molecule has 1 aliphatic rings. The molecular formula is C20H18N2O3. The topological polar surface area (TPSA) is 79.2 Å². The number of ether oxygens (including phenoxy) is 1. The minimum Gasteiger partial charge on any atom is -0.445 e. The highest BCUT2D eigenvalue weighted by Crippen LogP contribution is 2.30. The monoisotopic (exact) mass is 334 g/mol. The van der Waals surface area contributed by atoms with Crippen LogP contribution < -0.4 is 5.32 Å². The van der Waals surface area contributed by atoms with E-state index in [1.54, 1.807) is 37.3 Å². The number of rotatable bonds is 3. The van der Waals surface area contributed by atoms with E-state index in [0.717, 1.165) is 17.5 Å². The lowest BCUT2D eigenvalue weighted by atomic mass is 9.88. The highest BCUT2D eigenvalue weighted by molar-refractivity contribution is 6.03. The van der Waals surface area contributed by atoms with Crippen LogP contribution in [-0.4, -0.2) is 17.5 Å². The summed E-state index contributed by atoms with van der Waals surface area (Å²) in [5.41, 5.74) is 1.85. The van der Waals surface area contributed by atoms with Gasteiger partial charge in [0.05, 0.1) is 16.8 Å². The van der Waals surface area contributed by atoms with Crippen molar-refractivity contribution in [2.24, 2.45) is 0 Å². The molecule has 2 aromatic carbocycles. The van der Waals surface area contributed by atoms with E-state index in [4.69, 9.17) is 10.00 Å². The molecular weight excluding hydrogens is 316 g/mol. The van der Waals surface area contributed by atoms with Crippen molar-refractivity contribution >= 4 is 17.6 Å². The highest BCUT2D eigenvalue weighted by Gasteiger charge is 2.42. The molecule has 0 fully saturated rings. The van der Waals surface area contributed by atoms with E-state index in [0.29, 0.717) is 23.2 Å². The summed E-state index contributed by atoms with van der Waals surface area (Å²) < 4.78 is 5.45. The number of benzene rings is 2. The third kappa shape index (κ3) is 3.11. The average Bonchev–Trinajstić information content (AvgIpc) is 2.61. The van der Waals surface area contributed by atoms with Crippen molar-refractivity contribution in [2.75, 3.05) is 5.32 Å². The zero-order valence-corrected chi connectivity index (χ0v) is 14.1. The lowest BCUT2D eigenvalue weighted by molar-refractivity contribution is -0.134. The third-order valence-corrected chi connectivity index (χ3v) is 4.42. The fourth-order valence-corrected chi connectivity index (χ4v) is 2.94. The Morgan fingerprint density at radius 2 is 2.08 bits per heavy atom. The molecule has 25 heavy (non-hydrogen) atoms. The number of carbonyl (C=O) groups excluding carboxylic acids is 2. The number of nitrogens with zero attached hydrogens (tertiary/aromatic N) is 1. The van der Waals surface area contributed by atoms with Gasteiger partial charge in [-0.1, -0.05) is 31.2 Å². The SMILES string of the molecule is CCc1ccc2c(c1)CC(C)(C(=O)Nc1ccccc1C#N)OC2=O. The second-order valence-electron chi connectivity index (χ2n) is 6.25. The standard InChI is InChI=1S/C20H18N2O3/c1-3-13-8-9-16-15(10-13)11-20(2,25-18(16)23)19(24)22-17-7-5-4-6-14(17)12-21/h4-10H,3,11H2,1-2H3,(H,22,24). The van der Waals surface area contributed by atoms with Crippen molar-refractivity contribution in [1.82, 2.24) is 0 Å². The summed E-state index contributed by atoms with van der Waals surface area (Å²) in [4.78, 5) is 25.1. The second kappa shape index (κ2) is 6.40. The lowest BCUT2D eigenvalue weighted by Crippen LogP contribution is -2.49. The minimum absolute atomic E-state index is 0.294. The van der Waals surface area contributed by atoms with E-state index >= 15 is 0 Å². The van der Waals surface area contributed by atoms with Gasteiger partial charge in [-0.3, -0.25) is 4.79 Å². The molecule has 0 spiro atoms. The number of nitrogens with one attached hydrogen (secondary N) is 1.